The van der Waals surface area contributed by atoms with Gasteiger partial charge in [0, 0.05) is 25.2 Å². The maximum absolute atomic E-state index is 4.79. The molecule has 0 saturated carbocycles. The molecule has 2 aromatic rings. The first-order chi connectivity index (χ1) is 9.13. The van der Waals surface area contributed by atoms with E-state index >= 15 is 0 Å². The molecule has 3 nitrogen and oxygen atoms in total. The van der Waals surface area contributed by atoms with Gasteiger partial charge in [-0.25, -0.2) is 4.98 Å². The summed E-state index contributed by atoms with van der Waals surface area (Å²) in [6, 6.07) is 9.93. The third kappa shape index (κ3) is 2.66. The lowest BCUT2D eigenvalue weighted by atomic mass is 10.1. The van der Waals surface area contributed by atoms with E-state index in [-0.39, 0.29) is 0 Å². The summed E-state index contributed by atoms with van der Waals surface area (Å²) in [7, 11) is 0. The lowest BCUT2D eigenvalue weighted by molar-refractivity contribution is 0.131. The number of thiazole rings is 1. The highest BCUT2D eigenvalue weighted by Gasteiger charge is 2.26. The Kier molecular flexibility index (Phi) is 3.56. The van der Waals surface area contributed by atoms with E-state index in [1.807, 2.05) is 11.3 Å². The van der Waals surface area contributed by atoms with E-state index in [0.717, 1.165) is 18.6 Å². The zero-order valence-corrected chi connectivity index (χ0v) is 12.6. The Morgan fingerprint density at radius 1 is 1.26 bits per heavy atom. The molecule has 1 aliphatic rings. The fraction of sp³-hybridized carbons (Fsp3) is 0.533. The van der Waals surface area contributed by atoms with Gasteiger partial charge in [-0.3, -0.25) is 4.90 Å². The van der Waals surface area contributed by atoms with Gasteiger partial charge < -0.3 is 5.32 Å². The lowest BCUT2D eigenvalue weighted by Crippen LogP contribution is -2.54. The number of hydrogen-bond acceptors (Lipinski definition) is 4. The molecule has 19 heavy (non-hydrogen) atoms. The molecule has 1 N–H and O–H groups in total. The highest BCUT2D eigenvalue weighted by atomic mass is 32.1. The summed E-state index contributed by atoms with van der Waals surface area (Å²) in [5, 5.41) is 4.82. The number of benzene rings is 1. The SMILES string of the molecule is CC1CN(C(C)c2nc3ccccc3s2)CC(C)N1. The van der Waals surface area contributed by atoms with Crippen LogP contribution in [0.3, 0.4) is 0 Å². The van der Waals surface area contributed by atoms with E-state index in [1.165, 1.54) is 9.71 Å². The normalized spacial score (nSPS) is 26.7. The minimum absolute atomic E-state index is 0.407. The fourth-order valence-electron chi connectivity index (χ4n) is 2.91. The largest absolute Gasteiger partial charge is 0.309 e. The van der Waals surface area contributed by atoms with Crippen LogP contribution in [0, 0.1) is 0 Å². The summed E-state index contributed by atoms with van der Waals surface area (Å²) >= 11 is 1.83. The van der Waals surface area contributed by atoms with Crippen molar-refractivity contribution in [1.82, 2.24) is 15.2 Å². The molecule has 102 valence electrons. The standard InChI is InChI=1S/C15H21N3S/c1-10-8-18(9-11(2)16-10)12(3)15-17-13-6-4-5-7-14(13)19-15/h4-7,10-12,16H,8-9H2,1-3H3. The molecule has 4 heteroatoms. The minimum Gasteiger partial charge on any atom is -0.309 e. The van der Waals surface area contributed by atoms with Crippen LogP contribution in [0.4, 0.5) is 0 Å². The second kappa shape index (κ2) is 5.19. The van der Waals surface area contributed by atoms with Gasteiger partial charge in [-0.1, -0.05) is 12.1 Å². The minimum atomic E-state index is 0.407. The summed E-state index contributed by atoms with van der Waals surface area (Å²) < 4.78 is 1.29. The Morgan fingerprint density at radius 2 is 1.95 bits per heavy atom. The number of rotatable bonds is 2. The molecule has 1 fully saturated rings. The predicted octanol–water partition coefficient (Wildman–Crippen LogP) is 3.04. The smallest absolute Gasteiger partial charge is 0.111 e. The molecule has 0 bridgehead atoms. The van der Waals surface area contributed by atoms with Crippen LogP contribution in [0.2, 0.25) is 0 Å². The van der Waals surface area contributed by atoms with Gasteiger partial charge in [-0.05, 0) is 32.9 Å². The van der Waals surface area contributed by atoms with Crippen LogP contribution >= 0.6 is 11.3 Å². The topological polar surface area (TPSA) is 28.2 Å². The first-order valence-electron chi connectivity index (χ1n) is 6.99. The summed E-state index contributed by atoms with van der Waals surface area (Å²) in [5.74, 6) is 0. The van der Waals surface area contributed by atoms with Crippen LogP contribution < -0.4 is 5.32 Å². The molecule has 3 unspecified atom stereocenters. The van der Waals surface area contributed by atoms with Crippen molar-refractivity contribution in [1.29, 1.82) is 0 Å². The first-order valence-corrected chi connectivity index (χ1v) is 7.80. The second-order valence-corrected chi connectivity index (χ2v) is 6.68. The van der Waals surface area contributed by atoms with Crippen LogP contribution in [0.25, 0.3) is 10.2 Å². The van der Waals surface area contributed by atoms with Crippen molar-refractivity contribution in [3.8, 4) is 0 Å². The van der Waals surface area contributed by atoms with E-state index in [0.29, 0.717) is 18.1 Å². The Bertz CT molecular complexity index is 522. The number of nitrogens with zero attached hydrogens (tertiary/aromatic N) is 2. The summed E-state index contributed by atoms with van der Waals surface area (Å²) in [6.07, 6.45) is 0. The van der Waals surface area contributed by atoms with Crippen molar-refractivity contribution < 1.29 is 0 Å². The van der Waals surface area contributed by atoms with Crippen LogP contribution in [-0.2, 0) is 0 Å². The van der Waals surface area contributed by atoms with Crippen molar-refractivity contribution in [2.75, 3.05) is 13.1 Å². The molecule has 0 radical (unpaired) electrons. The first kappa shape index (κ1) is 13.0. The number of para-hydroxylation sites is 1. The fourth-order valence-corrected chi connectivity index (χ4v) is 3.96. The Labute approximate surface area is 118 Å². The van der Waals surface area contributed by atoms with E-state index < -0.39 is 0 Å². The molecule has 0 spiro atoms. The molecular formula is C15H21N3S. The number of hydrogen-bond donors (Lipinski definition) is 1. The highest BCUT2D eigenvalue weighted by Crippen LogP contribution is 2.30. The van der Waals surface area contributed by atoms with Crippen molar-refractivity contribution >= 4 is 21.6 Å². The molecule has 1 aliphatic heterocycles. The summed E-state index contributed by atoms with van der Waals surface area (Å²) in [5.41, 5.74) is 1.13. The van der Waals surface area contributed by atoms with E-state index in [1.54, 1.807) is 0 Å². The van der Waals surface area contributed by atoms with Gasteiger partial charge in [0.25, 0.3) is 0 Å². The van der Waals surface area contributed by atoms with Crippen molar-refractivity contribution in [2.24, 2.45) is 0 Å². The highest BCUT2D eigenvalue weighted by molar-refractivity contribution is 7.18. The number of aromatic nitrogens is 1. The molecular weight excluding hydrogens is 254 g/mol. The Balaban J connectivity index is 1.84. The summed E-state index contributed by atoms with van der Waals surface area (Å²) in [4.78, 5) is 7.34. The Morgan fingerprint density at radius 3 is 2.63 bits per heavy atom. The van der Waals surface area contributed by atoms with Crippen molar-refractivity contribution in [2.45, 2.75) is 38.9 Å². The van der Waals surface area contributed by atoms with E-state index in [2.05, 4.69) is 55.3 Å². The van der Waals surface area contributed by atoms with Gasteiger partial charge in [0.15, 0.2) is 0 Å². The second-order valence-electron chi connectivity index (χ2n) is 5.62. The average molecular weight is 275 g/mol. The molecule has 2 heterocycles. The van der Waals surface area contributed by atoms with E-state index in [9.17, 15) is 0 Å². The van der Waals surface area contributed by atoms with Crippen LogP contribution in [0.5, 0.6) is 0 Å². The Hall–Kier alpha value is -0.970. The number of nitrogens with one attached hydrogen (secondary N) is 1. The molecule has 3 atom stereocenters. The quantitative estimate of drug-likeness (QED) is 0.913. The predicted molar refractivity (Wildman–Crippen MR) is 81.7 cm³/mol. The number of fused-ring (bicyclic) bond motifs is 1. The molecule has 1 aromatic heterocycles. The molecule has 1 aromatic carbocycles. The van der Waals surface area contributed by atoms with Crippen LogP contribution in [0.15, 0.2) is 24.3 Å². The molecule has 0 aliphatic carbocycles. The zero-order chi connectivity index (χ0) is 13.4. The van der Waals surface area contributed by atoms with Crippen LogP contribution in [0.1, 0.15) is 31.8 Å². The van der Waals surface area contributed by atoms with E-state index in [4.69, 9.17) is 4.98 Å². The number of piperazine rings is 1. The lowest BCUT2D eigenvalue weighted by Gasteiger charge is -2.39. The monoisotopic (exact) mass is 275 g/mol. The zero-order valence-electron chi connectivity index (χ0n) is 11.8. The van der Waals surface area contributed by atoms with Gasteiger partial charge >= 0.3 is 0 Å². The maximum atomic E-state index is 4.79. The van der Waals surface area contributed by atoms with Gasteiger partial charge in [-0.2, -0.15) is 0 Å². The molecule has 1 saturated heterocycles. The van der Waals surface area contributed by atoms with Crippen molar-refractivity contribution in [3.63, 3.8) is 0 Å². The van der Waals surface area contributed by atoms with Crippen LogP contribution in [-0.4, -0.2) is 35.1 Å². The van der Waals surface area contributed by atoms with Gasteiger partial charge in [0.1, 0.15) is 5.01 Å². The molecule has 0 amide bonds. The van der Waals surface area contributed by atoms with Gasteiger partial charge in [0.2, 0.25) is 0 Å². The third-order valence-electron chi connectivity index (χ3n) is 3.80. The summed E-state index contributed by atoms with van der Waals surface area (Å²) in [6.45, 7) is 8.99. The maximum Gasteiger partial charge on any atom is 0.111 e. The molecule has 3 rings (SSSR count). The third-order valence-corrected chi connectivity index (χ3v) is 5.01. The van der Waals surface area contributed by atoms with Gasteiger partial charge in [-0.15, -0.1) is 11.3 Å². The van der Waals surface area contributed by atoms with Gasteiger partial charge in [0.05, 0.1) is 16.3 Å². The average Bonchev–Trinajstić information content (AvgIpc) is 2.80. The van der Waals surface area contributed by atoms with Crippen molar-refractivity contribution in [3.05, 3.63) is 29.3 Å².